The van der Waals surface area contributed by atoms with E-state index in [4.69, 9.17) is 16.3 Å². The van der Waals surface area contributed by atoms with Gasteiger partial charge in [-0.05, 0) is 54.1 Å². The number of hydrogen-bond donors (Lipinski definition) is 2. The zero-order valence-electron chi connectivity index (χ0n) is 16.5. The number of para-hydroxylation sites is 1. The molecular formula is C23H20ClN3O3S. The molecule has 0 spiro atoms. The van der Waals surface area contributed by atoms with Crippen LogP contribution in [0.4, 0.5) is 5.69 Å². The van der Waals surface area contributed by atoms with Gasteiger partial charge in [-0.25, -0.2) is 5.43 Å². The Morgan fingerprint density at radius 1 is 0.935 bits per heavy atom. The first-order valence-electron chi connectivity index (χ1n) is 9.37. The SMILES string of the molecule is O=C(CSc1ccccc1)N/N=C/c1ccc(OCC(=O)Nc2ccccc2Cl)cc1. The highest BCUT2D eigenvalue weighted by Crippen LogP contribution is 2.20. The van der Waals surface area contributed by atoms with Crippen LogP contribution in [0.5, 0.6) is 5.75 Å². The smallest absolute Gasteiger partial charge is 0.262 e. The van der Waals surface area contributed by atoms with Crippen LogP contribution in [0.2, 0.25) is 5.02 Å². The molecule has 0 saturated carbocycles. The maximum absolute atomic E-state index is 12.0. The van der Waals surface area contributed by atoms with Crippen LogP contribution in [0.25, 0.3) is 0 Å². The summed E-state index contributed by atoms with van der Waals surface area (Å²) >= 11 is 7.46. The molecule has 0 unspecified atom stereocenters. The van der Waals surface area contributed by atoms with Crippen molar-refractivity contribution in [1.82, 2.24) is 5.43 Å². The number of ether oxygens (including phenoxy) is 1. The normalized spacial score (nSPS) is 10.6. The molecule has 158 valence electrons. The summed E-state index contributed by atoms with van der Waals surface area (Å²) in [5, 5.41) is 7.11. The highest BCUT2D eigenvalue weighted by molar-refractivity contribution is 8.00. The lowest BCUT2D eigenvalue weighted by Gasteiger charge is -2.08. The molecule has 2 N–H and O–H groups in total. The minimum Gasteiger partial charge on any atom is -0.484 e. The van der Waals surface area contributed by atoms with E-state index in [1.165, 1.54) is 11.8 Å². The van der Waals surface area contributed by atoms with Gasteiger partial charge in [-0.15, -0.1) is 11.8 Å². The molecule has 0 aliphatic heterocycles. The molecule has 0 aromatic heterocycles. The van der Waals surface area contributed by atoms with Crippen molar-refractivity contribution in [1.29, 1.82) is 0 Å². The fourth-order valence-electron chi connectivity index (χ4n) is 2.42. The topological polar surface area (TPSA) is 79.8 Å². The van der Waals surface area contributed by atoms with Crippen molar-refractivity contribution < 1.29 is 14.3 Å². The molecule has 6 nitrogen and oxygen atoms in total. The minimum atomic E-state index is -0.310. The summed E-state index contributed by atoms with van der Waals surface area (Å²) in [4.78, 5) is 24.9. The first-order chi connectivity index (χ1) is 15.1. The van der Waals surface area contributed by atoms with Crippen molar-refractivity contribution in [2.75, 3.05) is 17.7 Å². The lowest BCUT2D eigenvalue weighted by molar-refractivity contribution is -0.119. The van der Waals surface area contributed by atoms with Gasteiger partial charge in [0.1, 0.15) is 5.75 Å². The van der Waals surface area contributed by atoms with E-state index in [1.54, 1.807) is 54.7 Å². The van der Waals surface area contributed by atoms with Gasteiger partial charge in [-0.1, -0.05) is 41.9 Å². The Morgan fingerprint density at radius 3 is 2.39 bits per heavy atom. The van der Waals surface area contributed by atoms with E-state index in [0.29, 0.717) is 16.5 Å². The van der Waals surface area contributed by atoms with Crippen molar-refractivity contribution in [3.63, 3.8) is 0 Å². The van der Waals surface area contributed by atoms with Gasteiger partial charge >= 0.3 is 0 Å². The van der Waals surface area contributed by atoms with Gasteiger partial charge in [0.05, 0.1) is 22.7 Å². The second-order valence-corrected chi connectivity index (χ2v) is 7.74. The third-order valence-corrected chi connectivity index (χ3v) is 5.26. The van der Waals surface area contributed by atoms with Crippen LogP contribution < -0.4 is 15.5 Å². The molecule has 0 heterocycles. The van der Waals surface area contributed by atoms with Crippen molar-refractivity contribution in [3.8, 4) is 5.75 Å². The molecule has 0 bridgehead atoms. The van der Waals surface area contributed by atoms with Crippen LogP contribution >= 0.6 is 23.4 Å². The Hall–Kier alpha value is -3.29. The maximum Gasteiger partial charge on any atom is 0.262 e. The number of amides is 2. The summed E-state index contributed by atoms with van der Waals surface area (Å²) in [5.41, 5.74) is 3.82. The summed E-state index contributed by atoms with van der Waals surface area (Å²) < 4.78 is 5.48. The molecule has 0 radical (unpaired) electrons. The van der Waals surface area contributed by atoms with Crippen LogP contribution in [0.3, 0.4) is 0 Å². The van der Waals surface area contributed by atoms with Crippen LogP contribution in [-0.4, -0.2) is 30.4 Å². The quantitative estimate of drug-likeness (QED) is 0.282. The standard InChI is InChI=1S/C23H20ClN3O3S/c24-20-8-4-5-9-21(20)26-22(28)15-30-18-12-10-17(11-13-18)14-25-27-23(29)16-31-19-6-2-1-3-7-19/h1-14H,15-16H2,(H,26,28)(H,27,29)/b25-14+. The first-order valence-corrected chi connectivity index (χ1v) is 10.7. The van der Waals surface area contributed by atoms with Gasteiger partial charge in [0, 0.05) is 4.90 Å². The fourth-order valence-corrected chi connectivity index (χ4v) is 3.32. The number of thioether (sulfide) groups is 1. The predicted octanol–water partition coefficient (Wildman–Crippen LogP) is 4.60. The molecule has 0 atom stereocenters. The zero-order chi connectivity index (χ0) is 21.9. The average molecular weight is 454 g/mol. The molecule has 3 aromatic carbocycles. The van der Waals surface area contributed by atoms with Gasteiger partial charge in [0.2, 0.25) is 5.91 Å². The minimum absolute atomic E-state index is 0.145. The average Bonchev–Trinajstić information content (AvgIpc) is 2.79. The second-order valence-electron chi connectivity index (χ2n) is 6.28. The van der Waals surface area contributed by atoms with Crippen LogP contribution in [-0.2, 0) is 9.59 Å². The van der Waals surface area contributed by atoms with E-state index in [9.17, 15) is 9.59 Å². The Labute approximate surface area is 189 Å². The Balaban J connectivity index is 1.39. The van der Waals surface area contributed by atoms with Gasteiger partial charge in [0.15, 0.2) is 6.61 Å². The molecule has 8 heteroatoms. The first kappa shape index (κ1) is 22.4. The number of rotatable bonds is 9. The summed E-state index contributed by atoms with van der Waals surface area (Å²) in [7, 11) is 0. The third-order valence-electron chi connectivity index (χ3n) is 3.91. The summed E-state index contributed by atoms with van der Waals surface area (Å²) in [5.74, 6) is 0.323. The number of carbonyl (C=O) groups excluding carboxylic acids is 2. The zero-order valence-corrected chi connectivity index (χ0v) is 18.0. The molecule has 0 fully saturated rings. The van der Waals surface area contributed by atoms with Crippen molar-refractivity contribution in [3.05, 3.63) is 89.4 Å². The lowest BCUT2D eigenvalue weighted by Crippen LogP contribution is -2.20. The number of nitrogens with zero attached hydrogens (tertiary/aromatic N) is 1. The summed E-state index contributed by atoms with van der Waals surface area (Å²) in [6.07, 6.45) is 1.54. The lowest BCUT2D eigenvalue weighted by atomic mass is 10.2. The monoisotopic (exact) mass is 453 g/mol. The number of benzene rings is 3. The molecule has 2 amide bonds. The maximum atomic E-state index is 12.0. The highest BCUT2D eigenvalue weighted by Gasteiger charge is 2.06. The molecule has 31 heavy (non-hydrogen) atoms. The van der Waals surface area contributed by atoms with Gasteiger partial charge in [-0.2, -0.15) is 5.10 Å². The van der Waals surface area contributed by atoms with Crippen molar-refractivity contribution >= 4 is 47.1 Å². The largest absolute Gasteiger partial charge is 0.484 e. The molecule has 0 aliphatic rings. The molecule has 3 aromatic rings. The Morgan fingerprint density at radius 2 is 1.65 bits per heavy atom. The molecular weight excluding hydrogens is 434 g/mol. The number of hydrogen-bond acceptors (Lipinski definition) is 5. The van der Waals surface area contributed by atoms with E-state index < -0.39 is 0 Å². The third kappa shape index (κ3) is 7.81. The van der Waals surface area contributed by atoms with Crippen LogP contribution in [0.1, 0.15) is 5.56 Å². The summed E-state index contributed by atoms with van der Waals surface area (Å²) in [6.45, 7) is -0.145. The van der Waals surface area contributed by atoms with Crippen molar-refractivity contribution in [2.24, 2.45) is 5.10 Å². The number of halogens is 1. The van der Waals surface area contributed by atoms with E-state index >= 15 is 0 Å². The Bertz CT molecular complexity index is 1040. The van der Waals surface area contributed by atoms with E-state index in [0.717, 1.165) is 10.5 Å². The second kappa shape index (κ2) is 11.8. The molecule has 3 rings (SSSR count). The van der Waals surface area contributed by atoms with Gasteiger partial charge in [0.25, 0.3) is 5.91 Å². The highest BCUT2D eigenvalue weighted by atomic mass is 35.5. The van der Waals surface area contributed by atoms with Gasteiger partial charge in [-0.3, -0.25) is 9.59 Å². The van der Waals surface area contributed by atoms with Gasteiger partial charge < -0.3 is 10.1 Å². The number of anilines is 1. The molecule has 0 saturated heterocycles. The number of carbonyl (C=O) groups is 2. The predicted molar refractivity (Wildman–Crippen MR) is 125 cm³/mol. The van der Waals surface area contributed by atoms with Crippen molar-refractivity contribution in [2.45, 2.75) is 4.90 Å². The summed E-state index contributed by atoms with van der Waals surface area (Å²) in [6, 6.07) is 23.7. The number of hydrazone groups is 1. The number of nitrogens with one attached hydrogen (secondary N) is 2. The van der Waals surface area contributed by atoms with E-state index in [2.05, 4.69) is 15.8 Å². The van der Waals surface area contributed by atoms with Crippen LogP contribution in [0, 0.1) is 0 Å². The Kier molecular flexibility index (Phi) is 8.51. The van der Waals surface area contributed by atoms with E-state index in [1.807, 2.05) is 30.3 Å². The van der Waals surface area contributed by atoms with Crippen LogP contribution in [0.15, 0.2) is 88.9 Å². The fraction of sp³-hybridized carbons (Fsp3) is 0.0870. The molecule has 0 aliphatic carbocycles. The van der Waals surface area contributed by atoms with E-state index in [-0.39, 0.29) is 24.2 Å².